The summed E-state index contributed by atoms with van der Waals surface area (Å²) in [5, 5.41) is 15.4. The molecule has 0 saturated carbocycles. The summed E-state index contributed by atoms with van der Waals surface area (Å²) in [5.41, 5.74) is 2.70. The van der Waals surface area contributed by atoms with Crippen molar-refractivity contribution in [3.63, 3.8) is 0 Å². The van der Waals surface area contributed by atoms with E-state index in [1.807, 2.05) is 62.4 Å². The van der Waals surface area contributed by atoms with E-state index < -0.39 is 42.3 Å². The monoisotopic (exact) mass is 497 g/mol. The Kier molecular flexibility index (Phi) is 10.0. The van der Waals surface area contributed by atoms with E-state index in [9.17, 15) is 19.5 Å². The Hall–Kier alpha value is -3.39. The quantitative estimate of drug-likeness (QED) is 0.489. The molecule has 0 spiro atoms. The predicted molar refractivity (Wildman–Crippen MR) is 139 cm³/mol. The molecule has 0 radical (unpaired) electrons. The number of nitrogens with one attached hydrogen (secondary N) is 2. The number of hydrogen-bond donors (Lipinski definition) is 3. The van der Waals surface area contributed by atoms with Gasteiger partial charge in [-0.05, 0) is 59.6 Å². The molecular formula is C28H39N3O5. The maximum Gasteiger partial charge on any atom is 0.408 e. The molecule has 0 fully saturated rings. The highest BCUT2D eigenvalue weighted by Gasteiger charge is 2.37. The van der Waals surface area contributed by atoms with Crippen molar-refractivity contribution in [1.29, 1.82) is 0 Å². The van der Waals surface area contributed by atoms with Crippen LogP contribution < -0.4 is 10.6 Å². The summed E-state index contributed by atoms with van der Waals surface area (Å²) >= 11 is 0. The Bertz CT molecular complexity index is 1030. The molecule has 2 atom stereocenters. The lowest BCUT2D eigenvalue weighted by molar-refractivity contribution is -0.145. The zero-order valence-electron chi connectivity index (χ0n) is 22.3. The summed E-state index contributed by atoms with van der Waals surface area (Å²) in [7, 11) is 0. The fourth-order valence-electron chi connectivity index (χ4n) is 3.98. The molecule has 3 amide bonds. The normalized spacial score (nSPS) is 13.0. The molecule has 0 aliphatic heterocycles. The second-order valence-electron chi connectivity index (χ2n) is 10.2. The highest BCUT2D eigenvalue weighted by Crippen LogP contribution is 2.27. The molecule has 36 heavy (non-hydrogen) atoms. The van der Waals surface area contributed by atoms with Crippen LogP contribution in [0.4, 0.5) is 4.79 Å². The zero-order valence-corrected chi connectivity index (χ0v) is 22.3. The fraction of sp³-hybridized carbons (Fsp3) is 0.464. The molecule has 8 heteroatoms. The molecular weight excluding hydrogens is 458 g/mol. The van der Waals surface area contributed by atoms with E-state index in [1.165, 1.54) is 4.90 Å². The smallest absolute Gasteiger partial charge is 0.408 e. The summed E-state index contributed by atoms with van der Waals surface area (Å²) < 4.78 is 5.26. The Morgan fingerprint density at radius 3 is 2.08 bits per heavy atom. The van der Waals surface area contributed by atoms with Crippen molar-refractivity contribution in [2.75, 3.05) is 6.61 Å². The van der Waals surface area contributed by atoms with Crippen molar-refractivity contribution in [1.82, 2.24) is 15.5 Å². The van der Waals surface area contributed by atoms with E-state index in [2.05, 4.69) is 10.6 Å². The van der Waals surface area contributed by atoms with Gasteiger partial charge in [0.05, 0.1) is 6.61 Å². The van der Waals surface area contributed by atoms with Crippen molar-refractivity contribution >= 4 is 17.9 Å². The van der Waals surface area contributed by atoms with Gasteiger partial charge in [0.2, 0.25) is 11.8 Å². The number of rotatable bonds is 9. The molecule has 0 saturated heterocycles. The van der Waals surface area contributed by atoms with Crippen LogP contribution in [-0.4, -0.2) is 52.2 Å². The molecule has 2 rings (SSSR count). The van der Waals surface area contributed by atoms with Crippen LogP contribution in [-0.2, 0) is 20.9 Å². The van der Waals surface area contributed by atoms with Gasteiger partial charge in [0.1, 0.15) is 17.7 Å². The first-order valence-electron chi connectivity index (χ1n) is 12.1. The first-order chi connectivity index (χ1) is 16.8. The lowest BCUT2D eigenvalue weighted by Gasteiger charge is -2.37. The molecule has 2 aromatic carbocycles. The molecule has 8 nitrogen and oxygen atoms in total. The average molecular weight is 498 g/mol. The highest BCUT2D eigenvalue weighted by atomic mass is 16.6. The van der Waals surface area contributed by atoms with Crippen LogP contribution in [0.2, 0.25) is 0 Å². The standard InChI is InChI=1S/C28H39N3O5/c1-18(2)31(26(34)23(17-32)30-27(35)36-28(5,6)7)24(22-14-19(3)13-20(4)15-22)25(33)29-16-21-11-9-8-10-12-21/h8-15,18,23-24,32H,16-17H2,1-7H3,(H,29,33)(H,30,35). The second-order valence-corrected chi connectivity index (χ2v) is 10.2. The first kappa shape index (κ1) is 28.8. The summed E-state index contributed by atoms with van der Waals surface area (Å²) in [4.78, 5) is 41.1. The summed E-state index contributed by atoms with van der Waals surface area (Å²) in [6.07, 6.45) is -0.824. The van der Waals surface area contributed by atoms with Gasteiger partial charge >= 0.3 is 6.09 Å². The lowest BCUT2D eigenvalue weighted by Crippen LogP contribution is -2.56. The molecule has 196 valence electrons. The van der Waals surface area contributed by atoms with Crippen LogP contribution in [0.5, 0.6) is 0 Å². The largest absolute Gasteiger partial charge is 0.444 e. The molecule has 3 N–H and O–H groups in total. The fourth-order valence-corrected chi connectivity index (χ4v) is 3.98. The number of nitrogens with zero attached hydrogens (tertiary/aromatic N) is 1. The number of carbonyl (C=O) groups excluding carboxylic acids is 3. The van der Waals surface area contributed by atoms with Gasteiger partial charge in [0, 0.05) is 12.6 Å². The van der Waals surface area contributed by atoms with Crippen molar-refractivity contribution in [3.8, 4) is 0 Å². The maximum atomic E-state index is 13.7. The maximum absolute atomic E-state index is 13.7. The Labute approximate surface area is 214 Å². The number of carbonyl (C=O) groups is 3. The average Bonchev–Trinajstić information content (AvgIpc) is 2.77. The number of aryl methyl sites for hydroxylation is 2. The number of aliphatic hydroxyl groups excluding tert-OH is 1. The van der Waals surface area contributed by atoms with Gasteiger partial charge in [-0.1, -0.05) is 59.7 Å². The van der Waals surface area contributed by atoms with Gasteiger partial charge in [-0.25, -0.2) is 4.79 Å². The third-order valence-electron chi connectivity index (χ3n) is 5.38. The molecule has 0 aliphatic carbocycles. The minimum absolute atomic E-state index is 0.292. The molecule has 0 aromatic heterocycles. The van der Waals surface area contributed by atoms with Crippen LogP contribution in [0.1, 0.15) is 62.9 Å². The van der Waals surface area contributed by atoms with Crippen LogP contribution >= 0.6 is 0 Å². The van der Waals surface area contributed by atoms with E-state index >= 15 is 0 Å². The Morgan fingerprint density at radius 1 is 1.00 bits per heavy atom. The van der Waals surface area contributed by atoms with Crippen molar-refractivity contribution in [2.24, 2.45) is 0 Å². The van der Waals surface area contributed by atoms with E-state index in [1.54, 1.807) is 34.6 Å². The second kappa shape index (κ2) is 12.5. The molecule has 2 aromatic rings. The minimum atomic E-state index is -1.28. The number of alkyl carbamates (subject to hydrolysis) is 1. The third-order valence-corrected chi connectivity index (χ3v) is 5.38. The highest BCUT2D eigenvalue weighted by molar-refractivity contribution is 5.92. The van der Waals surface area contributed by atoms with Gasteiger partial charge in [0.15, 0.2) is 0 Å². The summed E-state index contributed by atoms with van der Waals surface area (Å²) in [6, 6.07) is 12.6. The number of benzene rings is 2. The van der Waals surface area contributed by atoms with Crippen molar-refractivity contribution in [3.05, 3.63) is 70.8 Å². The van der Waals surface area contributed by atoms with Gasteiger partial charge in [0.25, 0.3) is 0 Å². The van der Waals surface area contributed by atoms with Crippen LogP contribution in [0.15, 0.2) is 48.5 Å². The first-order valence-corrected chi connectivity index (χ1v) is 12.1. The van der Waals surface area contributed by atoms with Crippen molar-refractivity contribution < 1.29 is 24.2 Å². The molecule has 2 unspecified atom stereocenters. The van der Waals surface area contributed by atoms with E-state index in [4.69, 9.17) is 4.74 Å². The molecule has 0 aliphatic rings. The predicted octanol–water partition coefficient (Wildman–Crippen LogP) is 3.78. The van der Waals surface area contributed by atoms with E-state index in [0.29, 0.717) is 12.1 Å². The van der Waals surface area contributed by atoms with Gasteiger partial charge in [-0.2, -0.15) is 0 Å². The van der Waals surface area contributed by atoms with E-state index in [0.717, 1.165) is 16.7 Å². The van der Waals surface area contributed by atoms with Gasteiger partial charge in [-0.15, -0.1) is 0 Å². The minimum Gasteiger partial charge on any atom is -0.444 e. The third kappa shape index (κ3) is 8.37. The zero-order chi connectivity index (χ0) is 27.0. The van der Waals surface area contributed by atoms with Crippen molar-refractivity contribution in [2.45, 2.75) is 78.7 Å². The SMILES string of the molecule is Cc1cc(C)cc(C(C(=O)NCc2ccccc2)N(C(=O)C(CO)NC(=O)OC(C)(C)C)C(C)C)c1. The van der Waals surface area contributed by atoms with Gasteiger partial charge < -0.3 is 25.4 Å². The topological polar surface area (TPSA) is 108 Å². The van der Waals surface area contributed by atoms with Crippen LogP contribution in [0, 0.1) is 13.8 Å². The summed E-state index contributed by atoms with van der Waals surface area (Å²) in [6.45, 7) is 12.2. The Balaban J connectivity index is 2.43. The summed E-state index contributed by atoms with van der Waals surface area (Å²) in [5.74, 6) is -0.947. The molecule has 0 heterocycles. The van der Waals surface area contributed by atoms with E-state index in [-0.39, 0.29) is 5.91 Å². The number of hydrogen-bond acceptors (Lipinski definition) is 5. The molecule has 0 bridgehead atoms. The Morgan fingerprint density at radius 2 is 1.58 bits per heavy atom. The number of ether oxygens (including phenoxy) is 1. The van der Waals surface area contributed by atoms with Crippen LogP contribution in [0.25, 0.3) is 0 Å². The number of amides is 3. The van der Waals surface area contributed by atoms with Gasteiger partial charge in [-0.3, -0.25) is 9.59 Å². The lowest BCUT2D eigenvalue weighted by atomic mass is 9.97. The van der Waals surface area contributed by atoms with Crippen LogP contribution in [0.3, 0.4) is 0 Å². The number of aliphatic hydroxyl groups is 1.